The second-order valence-corrected chi connectivity index (χ2v) is 6.23. The molecule has 1 aromatic carbocycles. The number of amides is 1. The number of carbonyl (C=O) groups is 1. The molecule has 0 aliphatic carbocycles. The Hall–Kier alpha value is -1.55. The first-order valence-corrected chi connectivity index (χ1v) is 7.86. The summed E-state index contributed by atoms with van der Waals surface area (Å²) in [6.45, 7) is 10.9. The third kappa shape index (κ3) is 3.38. The molecule has 0 spiro atoms. The average Bonchev–Trinajstić information content (AvgIpc) is 2.48. The van der Waals surface area contributed by atoms with Gasteiger partial charge in [-0.1, -0.05) is 19.1 Å². The van der Waals surface area contributed by atoms with Gasteiger partial charge in [-0.3, -0.25) is 4.79 Å². The van der Waals surface area contributed by atoms with Crippen molar-refractivity contribution < 1.29 is 4.79 Å². The smallest absolute Gasteiger partial charge is 0.245 e. The predicted molar refractivity (Wildman–Crippen MR) is 87.6 cm³/mol. The van der Waals surface area contributed by atoms with Crippen molar-refractivity contribution in [1.82, 2.24) is 10.6 Å². The summed E-state index contributed by atoms with van der Waals surface area (Å²) < 4.78 is 0. The lowest BCUT2D eigenvalue weighted by Crippen LogP contribution is -2.62. The van der Waals surface area contributed by atoms with Crippen LogP contribution in [0.5, 0.6) is 0 Å². The third-order valence-corrected chi connectivity index (χ3v) is 4.26. The van der Waals surface area contributed by atoms with Gasteiger partial charge in [-0.05, 0) is 51.4 Å². The Morgan fingerprint density at radius 1 is 1.33 bits per heavy atom. The zero-order valence-corrected chi connectivity index (χ0v) is 13.6. The average molecular weight is 289 g/mol. The van der Waals surface area contributed by atoms with Gasteiger partial charge in [-0.2, -0.15) is 0 Å². The Balaban J connectivity index is 2.13. The molecule has 1 saturated heterocycles. The van der Waals surface area contributed by atoms with E-state index in [1.54, 1.807) is 0 Å². The van der Waals surface area contributed by atoms with Crippen LogP contribution in [0.4, 0.5) is 5.69 Å². The first-order chi connectivity index (χ1) is 9.96. The Kier molecular flexibility index (Phi) is 4.88. The number of piperazine rings is 1. The van der Waals surface area contributed by atoms with Crippen LogP contribution in [0.1, 0.15) is 45.7 Å². The molecule has 1 aliphatic heterocycles. The molecule has 0 saturated carbocycles. The molecular formula is C17H27N3O. The quantitative estimate of drug-likeness (QED) is 0.875. The summed E-state index contributed by atoms with van der Waals surface area (Å²) in [6, 6.07) is 8.92. The van der Waals surface area contributed by atoms with E-state index in [-0.39, 0.29) is 5.91 Å². The zero-order chi connectivity index (χ0) is 15.5. The molecule has 0 aromatic heterocycles. The molecule has 2 N–H and O–H groups in total. The van der Waals surface area contributed by atoms with Crippen LogP contribution in [0.15, 0.2) is 24.3 Å². The van der Waals surface area contributed by atoms with Crippen LogP contribution < -0.4 is 15.5 Å². The molecule has 1 aromatic rings. The first kappa shape index (κ1) is 15.8. The minimum atomic E-state index is -0.494. The van der Waals surface area contributed by atoms with Gasteiger partial charge in [0.25, 0.3) is 0 Å². The van der Waals surface area contributed by atoms with Crippen LogP contribution in [0, 0.1) is 0 Å². The van der Waals surface area contributed by atoms with Gasteiger partial charge in [0.2, 0.25) is 5.91 Å². The molecule has 1 heterocycles. The molecular weight excluding hydrogens is 262 g/mol. The monoisotopic (exact) mass is 289 g/mol. The number of hydrogen-bond donors (Lipinski definition) is 2. The van der Waals surface area contributed by atoms with E-state index in [1.165, 1.54) is 5.56 Å². The fourth-order valence-electron chi connectivity index (χ4n) is 2.77. The summed E-state index contributed by atoms with van der Waals surface area (Å²) in [4.78, 5) is 14.2. The number of anilines is 1. The second kappa shape index (κ2) is 6.48. The van der Waals surface area contributed by atoms with Gasteiger partial charge < -0.3 is 15.5 Å². The number of benzene rings is 1. The number of nitrogens with one attached hydrogen (secondary N) is 2. The van der Waals surface area contributed by atoms with E-state index < -0.39 is 5.54 Å². The highest BCUT2D eigenvalue weighted by Gasteiger charge is 2.37. The Morgan fingerprint density at radius 2 is 2.00 bits per heavy atom. The molecule has 0 bridgehead atoms. The van der Waals surface area contributed by atoms with E-state index in [9.17, 15) is 4.79 Å². The molecule has 1 unspecified atom stereocenters. The van der Waals surface area contributed by atoms with Crippen molar-refractivity contribution in [1.29, 1.82) is 0 Å². The van der Waals surface area contributed by atoms with Crippen LogP contribution in [-0.2, 0) is 4.79 Å². The summed E-state index contributed by atoms with van der Waals surface area (Å²) in [5.74, 6) is 0.0933. The Bertz CT molecular complexity index is 481. The van der Waals surface area contributed by atoms with E-state index in [0.717, 1.165) is 25.2 Å². The van der Waals surface area contributed by atoms with Gasteiger partial charge in [0.05, 0.1) is 0 Å². The number of nitrogens with zero attached hydrogens (tertiary/aromatic N) is 1. The lowest BCUT2D eigenvalue weighted by Gasteiger charge is -2.43. The maximum Gasteiger partial charge on any atom is 0.245 e. The van der Waals surface area contributed by atoms with Gasteiger partial charge in [0.15, 0.2) is 0 Å². The van der Waals surface area contributed by atoms with Crippen LogP contribution in [0.25, 0.3) is 0 Å². The highest BCUT2D eigenvalue weighted by atomic mass is 16.2. The number of rotatable bonds is 5. The van der Waals surface area contributed by atoms with Gasteiger partial charge >= 0.3 is 0 Å². The molecule has 0 radical (unpaired) electrons. The molecule has 1 aliphatic rings. The molecule has 1 atom stereocenters. The van der Waals surface area contributed by atoms with Crippen molar-refractivity contribution in [2.75, 3.05) is 24.5 Å². The SMILES string of the molecule is CCCNC(C)c1ccc(N2CCNC(=O)C2(C)C)cc1. The number of carbonyl (C=O) groups excluding carboxylic acids is 1. The van der Waals surface area contributed by atoms with Crippen molar-refractivity contribution in [2.24, 2.45) is 0 Å². The molecule has 4 heteroatoms. The summed E-state index contributed by atoms with van der Waals surface area (Å²) in [5, 5.41) is 6.43. The van der Waals surface area contributed by atoms with Crippen molar-refractivity contribution in [3.05, 3.63) is 29.8 Å². The van der Waals surface area contributed by atoms with Crippen LogP contribution in [0.2, 0.25) is 0 Å². The highest BCUT2D eigenvalue weighted by molar-refractivity contribution is 5.90. The topological polar surface area (TPSA) is 44.4 Å². The summed E-state index contributed by atoms with van der Waals surface area (Å²) in [7, 11) is 0. The zero-order valence-electron chi connectivity index (χ0n) is 13.6. The van der Waals surface area contributed by atoms with Crippen molar-refractivity contribution >= 4 is 11.6 Å². The fourth-order valence-corrected chi connectivity index (χ4v) is 2.77. The van der Waals surface area contributed by atoms with Crippen molar-refractivity contribution in [3.63, 3.8) is 0 Å². The number of hydrogen-bond acceptors (Lipinski definition) is 3. The molecule has 116 valence electrons. The molecule has 21 heavy (non-hydrogen) atoms. The van der Waals surface area contributed by atoms with Crippen molar-refractivity contribution in [2.45, 2.75) is 45.7 Å². The summed E-state index contributed by atoms with van der Waals surface area (Å²) in [5.41, 5.74) is 1.90. The third-order valence-electron chi connectivity index (χ3n) is 4.26. The maximum atomic E-state index is 12.0. The van der Waals surface area contributed by atoms with Gasteiger partial charge in [-0.15, -0.1) is 0 Å². The molecule has 2 rings (SSSR count). The van der Waals surface area contributed by atoms with Crippen molar-refractivity contribution in [3.8, 4) is 0 Å². The van der Waals surface area contributed by atoms with Gasteiger partial charge in [0.1, 0.15) is 5.54 Å². The molecule has 1 amide bonds. The summed E-state index contributed by atoms with van der Waals surface area (Å²) in [6.07, 6.45) is 1.14. The van der Waals surface area contributed by atoms with Crippen LogP contribution in [-0.4, -0.2) is 31.1 Å². The maximum absolute atomic E-state index is 12.0. The molecule has 1 fully saturated rings. The first-order valence-electron chi connectivity index (χ1n) is 7.86. The minimum absolute atomic E-state index is 0.0933. The fraction of sp³-hybridized carbons (Fsp3) is 0.588. The van der Waals surface area contributed by atoms with E-state index in [4.69, 9.17) is 0 Å². The largest absolute Gasteiger partial charge is 0.356 e. The minimum Gasteiger partial charge on any atom is -0.356 e. The van der Waals surface area contributed by atoms with E-state index >= 15 is 0 Å². The lowest BCUT2D eigenvalue weighted by molar-refractivity contribution is -0.126. The Morgan fingerprint density at radius 3 is 2.62 bits per heavy atom. The second-order valence-electron chi connectivity index (χ2n) is 6.23. The summed E-state index contributed by atoms with van der Waals surface area (Å²) >= 11 is 0. The predicted octanol–water partition coefficient (Wildman–Crippen LogP) is 2.46. The standard InChI is InChI=1S/C17H27N3O/c1-5-10-18-13(2)14-6-8-15(9-7-14)20-12-11-19-16(21)17(20,3)4/h6-9,13,18H,5,10-12H2,1-4H3,(H,19,21). The Labute approximate surface area is 127 Å². The van der Waals surface area contributed by atoms with E-state index in [2.05, 4.69) is 53.6 Å². The van der Waals surface area contributed by atoms with Gasteiger partial charge in [-0.25, -0.2) is 0 Å². The van der Waals surface area contributed by atoms with E-state index in [0.29, 0.717) is 12.6 Å². The van der Waals surface area contributed by atoms with Gasteiger partial charge in [0, 0.05) is 24.8 Å². The highest BCUT2D eigenvalue weighted by Crippen LogP contribution is 2.27. The van der Waals surface area contributed by atoms with Crippen LogP contribution in [0.3, 0.4) is 0 Å². The normalized spacial score (nSPS) is 19.2. The lowest BCUT2D eigenvalue weighted by atomic mass is 9.97. The molecule has 4 nitrogen and oxygen atoms in total. The van der Waals surface area contributed by atoms with E-state index in [1.807, 2.05) is 13.8 Å². The van der Waals surface area contributed by atoms with Crippen LogP contribution >= 0.6 is 0 Å².